The molecular weight excluding hydrogens is 385 g/mol. The molecule has 26 heavy (non-hydrogen) atoms. The second-order valence-corrected chi connectivity index (χ2v) is 6.96. The van der Waals surface area contributed by atoms with Crippen molar-refractivity contribution in [3.8, 4) is 5.75 Å². The van der Waals surface area contributed by atoms with Gasteiger partial charge in [0.05, 0.1) is 10.0 Å². The molecule has 3 aromatic rings. The largest absolute Gasteiger partial charge is 0.489 e. The van der Waals surface area contributed by atoms with Gasteiger partial charge < -0.3 is 10.1 Å². The van der Waals surface area contributed by atoms with Crippen molar-refractivity contribution >= 4 is 40.4 Å². The summed E-state index contributed by atoms with van der Waals surface area (Å²) in [4.78, 5) is 0.689. The van der Waals surface area contributed by atoms with Gasteiger partial charge in [-0.1, -0.05) is 84.0 Å². The molecule has 0 bridgehead atoms. The molecule has 0 aliphatic heterocycles. The highest BCUT2D eigenvalue weighted by Gasteiger charge is 2.05. The molecule has 0 atom stereocenters. The van der Waals surface area contributed by atoms with Crippen molar-refractivity contribution in [1.82, 2.24) is 5.32 Å². The van der Waals surface area contributed by atoms with E-state index in [4.69, 9.17) is 40.2 Å². The van der Waals surface area contributed by atoms with Gasteiger partial charge in [0.25, 0.3) is 0 Å². The zero-order valence-electron chi connectivity index (χ0n) is 13.9. The summed E-state index contributed by atoms with van der Waals surface area (Å²) in [5.41, 5.74) is 3.05. The summed E-state index contributed by atoms with van der Waals surface area (Å²) in [7, 11) is 0. The summed E-state index contributed by atoms with van der Waals surface area (Å²) >= 11 is 17.5. The Labute approximate surface area is 168 Å². The number of halogens is 2. The lowest BCUT2D eigenvalue weighted by molar-refractivity contribution is 0.306. The normalized spacial score (nSPS) is 10.4. The summed E-state index contributed by atoms with van der Waals surface area (Å²) in [6.07, 6.45) is 0. The Morgan fingerprint density at radius 1 is 0.846 bits per heavy atom. The van der Waals surface area contributed by atoms with Crippen molar-refractivity contribution < 1.29 is 4.74 Å². The molecule has 0 aliphatic rings. The third kappa shape index (κ3) is 5.21. The summed E-state index contributed by atoms with van der Waals surface area (Å²) in [6, 6.07) is 23.3. The molecule has 0 spiro atoms. The Hall–Kier alpha value is -2.07. The summed E-state index contributed by atoms with van der Waals surface area (Å²) in [5, 5.41) is 4.33. The van der Waals surface area contributed by atoms with E-state index in [-0.39, 0.29) is 0 Å². The maximum absolute atomic E-state index is 6.03. The van der Waals surface area contributed by atoms with Crippen LogP contribution in [0.3, 0.4) is 0 Å². The quantitative estimate of drug-likeness (QED) is 0.508. The first-order valence-electron chi connectivity index (χ1n) is 8.11. The van der Waals surface area contributed by atoms with Crippen LogP contribution in [-0.4, -0.2) is 4.99 Å². The second kappa shape index (κ2) is 9.04. The summed E-state index contributed by atoms with van der Waals surface area (Å²) in [5.74, 6) is 0.748. The van der Waals surface area contributed by atoms with Crippen LogP contribution >= 0.6 is 35.4 Å². The van der Waals surface area contributed by atoms with Gasteiger partial charge in [-0.05, 0) is 35.4 Å². The molecule has 2 nitrogen and oxygen atoms in total. The van der Waals surface area contributed by atoms with E-state index in [2.05, 4.69) is 17.4 Å². The molecule has 0 amide bonds. The molecule has 0 radical (unpaired) electrons. The maximum atomic E-state index is 6.03. The smallest absolute Gasteiger partial charge is 0.120 e. The molecule has 0 fully saturated rings. The Bertz CT molecular complexity index is 900. The van der Waals surface area contributed by atoms with E-state index in [1.165, 1.54) is 5.56 Å². The SMILES string of the molecule is S=C(NCc1ccccc1)c1cccc(OCc2ccc(Cl)c(Cl)c2)c1. The number of ether oxygens (including phenoxy) is 1. The third-order valence-electron chi connectivity index (χ3n) is 3.78. The number of hydrogen-bond acceptors (Lipinski definition) is 2. The van der Waals surface area contributed by atoms with Crippen molar-refractivity contribution in [2.45, 2.75) is 13.2 Å². The predicted molar refractivity (Wildman–Crippen MR) is 112 cm³/mol. The second-order valence-electron chi connectivity index (χ2n) is 5.73. The standard InChI is InChI=1S/C21H17Cl2NOS/c22-19-10-9-16(11-20(19)23)14-25-18-8-4-7-17(12-18)21(26)24-13-15-5-2-1-3-6-15/h1-12H,13-14H2,(H,24,26). The van der Waals surface area contributed by atoms with Crippen LogP contribution in [0, 0.1) is 0 Å². The van der Waals surface area contributed by atoms with Gasteiger partial charge in [-0.25, -0.2) is 0 Å². The molecule has 0 saturated heterocycles. The van der Waals surface area contributed by atoms with Gasteiger partial charge in [0.15, 0.2) is 0 Å². The zero-order valence-corrected chi connectivity index (χ0v) is 16.2. The fourth-order valence-electron chi connectivity index (χ4n) is 2.40. The number of nitrogens with one attached hydrogen (secondary N) is 1. The summed E-state index contributed by atoms with van der Waals surface area (Å²) < 4.78 is 5.85. The van der Waals surface area contributed by atoms with E-state index in [1.54, 1.807) is 12.1 Å². The minimum Gasteiger partial charge on any atom is -0.489 e. The maximum Gasteiger partial charge on any atom is 0.120 e. The molecule has 132 valence electrons. The van der Waals surface area contributed by atoms with Crippen molar-refractivity contribution in [2.75, 3.05) is 0 Å². The van der Waals surface area contributed by atoms with Crippen LogP contribution in [-0.2, 0) is 13.2 Å². The topological polar surface area (TPSA) is 21.3 Å². The molecule has 0 heterocycles. The fourth-order valence-corrected chi connectivity index (χ4v) is 2.92. The van der Waals surface area contributed by atoms with E-state index < -0.39 is 0 Å². The zero-order chi connectivity index (χ0) is 18.4. The van der Waals surface area contributed by atoms with Crippen LogP contribution in [0.4, 0.5) is 0 Å². The van der Waals surface area contributed by atoms with E-state index >= 15 is 0 Å². The number of hydrogen-bond donors (Lipinski definition) is 1. The predicted octanol–water partition coefficient (Wildman–Crippen LogP) is 6.04. The monoisotopic (exact) mass is 401 g/mol. The first-order valence-corrected chi connectivity index (χ1v) is 9.27. The molecule has 5 heteroatoms. The van der Waals surface area contributed by atoms with Crippen molar-refractivity contribution in [3.63, 3.8) is 0 Å². The van der Waals surface area contributed by atoms with Gasteiger partial charge in [-0.3, -0.25) is 0 Å². The highest BCUT2D eigenvalue weighted by Crippen LogP contribution is 2.23. The van der Waals surface area contributed by atoms with Gasteiger partial charge >= 0.3 is 0 Å². The van der Waals surface area contributed by atoms with Gasteiger partial charge in [0, 0.05) is 12.1 Å². The molecule has 0 unspecified atom stereocenters. The molecule has 0 aliphatic carbocycles. The van der Waals surface area contributed by atoms with Crippen LogP contribution in [0.1, 0.15) is 16.7 Å². The highest BCUT2D eigenvalue weighted by molar-refractivity contribution is 7.80. The Morgan fingerprint density at radius 3 is 2.42 bits per heavy atom. The molecule has 0 saturated carbocycles. The van der Waals surface area contributed by atoms with Gasteiger partial charge in [0.1, 0.15) is 17.3 Å². The van der Waals surface area contributed by atoms with E-state index in [0.29, 0.717) is 28.2 Å². The first-order chi connectivity index (χ1) is 12.6. The van der Waals surface area contributed by atoms with Crippen LogP contribution < -0.4 is 10.1 Å². The lowest BCUT2D eigenvalue weighted by Gasteiger charge is -2.11. The minimum absolute atomic E-state index is 0.407. The molecule has 1 N–H and O–H groups in total. The van der Waals surface area contributed by atoms with Crippen LogP contribution in [0.25, 0.3) is 0 Å². The van der Waals surface area contributed by atoms with Gasteiger partial charge in [-0.15, -0.1) is 0 Å². The van der Waals surface area contributed by atoms with Crippen LogP contribution in [0.5, 0.6) is 5.75 Å². The Balaban J connectivity index is 1.60. The van der Waals surface area contributed by atoms with Crippen molar-refractivity contribution in [2.24, 2.45) is 0 Å². The van der Waals surface area contributed by atoms with Gasteiger partial charge in [-0.2, -0.15) is 0 Å². The fraction of sp³-hybridized carbons (Fsp3) is 0.0952. The van der Waals surface area contributed by atoms with Crippen LogP contribution in [0.2, 0.25) is 10.0 Å². The van der Waals surface area contributed by atoms with E-state index in [9.17, 15) is 0 Å². The number of benzene rings is 3. The third-order valence-corrected chi connectivity index (χ3v) is 4.90. The lowest BCUT2D eigenvalue weighted by atomic mass is 10.2. The lowest BCUT2D eigenvalue weighted by Crippen LogP contribution is -2.21. The number of rotatable bonds is 6. The molecular formula is C21H17Cl2NOS. The molecule has 3 rings (SSSR count). The minimum atomic E-state index is 0.407. The first kappa shape index (κ1) is 18.7. The van der Waals surface area contributed by atoms with E-state index in [0.717, 1.165) is 16.9 Å². The number of thiocarbonyl (C=S) groups is 1. The van der Waals surface area contributed by atoms with Crippen molar-refractivity contribution in [3.05, 3.63) is 99.5 Å². The van der Waals surface area contributed by atoms with Gasteiger partial charge in [0.2, 0.25) is 0 Å². The highest BCUT2D eigenvalue weighted by atomic mass is 35.5. The Morgan fingerprint density at radius 2 is 1.65 bits per heavy atom. The molecule has 3 aromatic carbocycles. The summed E-state index contributed by atoms with van der Waals surface area (Å²) in [6.45, 7) is 1.10. The molecule has 0 aromatic heterocycles. The van der Waals surface area contributed by atoms with E-state index in [1.807, 2.05) is 48.5 Å². The average molecular weight is 402 g/mol. The average Bonchev–Trinajstić information content (AvgIpc) is 2.68. The van der Waals surface area contributed by atoms with Crippen molar-refractivity contribution in [1.29, 1.82) is 0 Å². The van der Waals surface area contributed by atoms with Crippen LogP contribution in [0.15, 0.2) is 72.8 Å². The Kier molecular flexibility index (Phi) is 6.51.